The second-order valence-corrected chi connectivity index (χ2v) is 6.48. The lowest BCUT2D eigenvalue weighted by molar-refractivity contribution is 0.0948. The van der Waals surface area contributed by atoms with Crippen LogP contribution in [0.3, 0.4) is 0 Å². The fourth-order valence-electron chi connectivity index (χ4n) is 2.68. The Balaban J connectivity index is 1.60. The minimum absolute atomic E-state index is 0.0860. The summed E-state index contributed by atoms with van der Waals surface area (Å²) >= 11 is 0. The molecule has 0 fully saturated rings. The van der Waals surface area contributed by atoms with Crippen molar-refractivity contribution in [3.8, 4) is 0 Å². The van der Waals surface area contributed by atoms with Gasteiger partial charge >= 0.3 is 0 Å². The number of Topliss-reactive ketones (excluding diaryl/α,β-unsaturated/α-hetero) is 1. The first kappa shape index (κ1) is 19.9. The Morgan fingerprint density at radius 2 is 1.41 bits per heavy atom. The first-order valence-electron chi connectivity index (χ1n) is 8.97. The van der Waals surface area contributed by atoms with Crippen molar-refractivity contribution in [1.82, 2.24) is 5.32 Å². The highest BCUT2D eigenvalue weighted by atomic mass is 19.1. The molecule has 5 nitrogen and oxygen atoms in total. The molecule has 29 heavy (non-hydrogen) atoms. The van der Waals surface area contributed by atoms with Gasteiger partial charge in [-0.15, -0.1) is 0 Å². The predicted octanol–water partition coefficient (Wildman–Crippen LogP) is 4.21. The maximum atomic E-state index is 12.9. The van der Waals surface area contributed by atoms with Crippen molar-refractivity contribution in [2.75, 3.05) is 5.32 Å². The number of carbonyl (C=O) groups excluding carboxylic acids is 3. The first-order chi connectivity index (χ1) is 13.9. The van der Waals surface area contributed by atoms with Gasteiger partial charge in [0.1, 0.15) is 5.82 Å². The summed E-state index contributed by atoms with van der Waals surface area (Å²) in [6.07, 6.45) is 0. The summed E-state index contributed by atoms with van der Waals surface area (Å²) in [5, 5.41) is 5.48. The lowest BCUT2D eigenvalue weighted by Gasteiger charge is -2.08. The fraction of sp³-hybridized carbons (Fsp3) is 0.0870. The van der Waals surface area contributed by atoms with Gasteiger partial charge in [0.25, 0.3) is 11.8 Å². The van der Waals surface area contributed by atoms with Gasteiger partial charge in [-0.25, -0.2) is 4.39 Å². The quantitative estimate of drug-likeness (QED) is 0.619. The monoisotopic (exact) mass is 390 g/mol. The molecule has 0 aromatic heterocycles. The fourth-order valence-corrected chi connectivity index (χ4v) is 2.68. The van der Waals surface area contributed by atoms with Crippen LogP contribution in [0.4, 0.5) is 10.1 Å². The van der Waals surface area contributed by atoms with E-state index in [0.717, 1.165) is 5.56 Å². The SMILES string of the molecule is CC(=O)c1cccc(NC(=O)c2ccc(C(=O)NCc3ccc(F)cc3)cc2)c1. The molecule has 3 aromatic rings. The highest BCUT2D eigenvalue weighted by molar-refractivity contribution is 6.05. The van der Waals surface area contributed by atoms with Crippen molar-refractivity contribution in [1.29, 1.82) is 0 Å². The van der Waals surface area contributed by atoms with Crippen LogP contribution in [0.15, 0.2) is 72.8 Å². The van der Waals surface area contributed by atoms with Crippen molar-refractivity contribution >= 4 is 23.3 Å². The van der Waals surface area contributed by atoms with Gasteiger partial charge in [0.2, 0.25) is 0 Å². The smallest absolute Gasteiger partial charge is 0.255 e. The maximum Gasteiger partial charge on any atom is 0.255 e. The van der Waals surface area contributed by atoms with Crippen LogP contribution in [0.1, 0.15) is 43.6 Å². The Morgan fingerprint density at radius 1 is 0.793 bits per heavy atom. The summed E-state index contributed by atoms with van der Waals surface area (Å²) in [5.41, 5.74) is 2.60. The number of benzene rings is 3. The van der Waals surface area contributed by atoms with Crippen LogP contribution in [-0.4, -0.2) is 17.6 Å². The molecule has 3 aromatic carbocycles. The highest BCUT2D eigenvalue weighted by Crippen LogP contribution is 2.13. The standard InChI is InChI=1S/C23H19FN2O3/c1-15(27)19-3-2-4-21(13-19)26-23(29)18-9-7-17(8-10-18)22(28)25-14-16-5-11-20(24)12-6-16/h2-13H,14H2,1H3,(H,25,28)(H,26,29). The van der Waals surface area contributed by atoms with Crippen molar-refractivity contribution in [3.05, 3.63) is 101 Å². The Morgan fingerprint density at radius 3 is 2.03 bits per heavy atom. The zero-order valence-electron chi connectivity index (χ0n) is 15.7. The number of rotatable bonds is 6. The maximum absolute atomic E-state index is 12.9. The van der Waals surface area contributed by atoms with Crippen LogP contribution in [0, 0.1) is 5.82 Å². The van der Waals surface area contributed by atoms with Crippen LogP contribution in [0.2, 0.25) is 0 Å². The molecule has 0 saturated heterocycles. The van der Waals surface area contributed by atoms with Crippen LogP contribution < -0.4 is 10.6 Å². The molecular weight excluding hydrogens is 371 g/mol. The molecule has 0 aliphatic rings. The van der Waals surface area contributed by atoms with E-state index in [1.54, 1.807) is 60.7 Å². The lowest BCUT2D eigenvalue weighted by atomic mass is 10.1. The van der Waals surface area contributed by atoms with E-state index in [1.807, 2.05) is 0 Å². The lowest BCUT2D eigenvalue weighted by Crippen LogP contribution is -2.23. The molecule has 0 heterocycles. The number of carbonyl (C=O) groups is 3. The third kappa shape index (κ3) is 5.35. The Kier molecular flexibility index (Phi) is 6.14. The highest BCUT2D eigenvalue weighted by Gasteiger charge is 2.10. The van der Waals surface area contributed by atoms with Crippen molar-refractivity contribution in [2.24, 2.45) is 0 Å². The molecular formula is C23H19FN2O3. The number of ketones is 1. The summed E-state index contributed by atoms with van der Waals surface area (Å²) in [7, 11) is 0. The van der Waals surface area contributed by atoms with Gasteiger partial charge in [0, 0.05) is 28.9 Å². The topological polar surface area (TPSA) is 75.3 Å². The number of halogens is 1. The van der Waals surface area contributed by atoms with Gasteiger partial charge in [-0.05, 0) is 61.0 Å². The van der Waals surface area contributed by atoms with E-state index >= 15 is 0 Å². The number of amides is 2. The van der Waals surface area contributed by atoms with Crippen LogP contribution in [0.25, 0.3) is 0 Å². The molecule has 2 amide bonds. The summed E-state index contributed by atoms with van der Waals surface area (Å²) in [5.74, 6) is -1.06. The average Bonchev–Trinajstić information content (AvgIpc) is 2.73. The van der Waals surface area contributed by atoms with Gasteiger partial charge in [-0.2, -0.15) is 0 Å². The average molecular weight is 390 g/mol. The Labute approximate surface area is 167 Å². The van der Waals surface area contributed by atoms with Crippen LogP contribution in [-0.2, 0) is 6.54 Å². The van der Waals surface area contributed by atoms with E-state index in [9.17, 15) is 18.8 Å². The first-order valence-corrected chi connectivity index (χ1v) is 8.97. The van der Waals surface area contributed by atoms with Crippen LogP contribution >= 0.6 is 0 Å². The van der Waals surface area contributed by atoms with Gasteiger partial charge in [-0.1, -0.05) is 24.3 Å². The summed E-state index contributed by atoms with van der Waals surface area (Å²) < 4.78 is 12.9. The Hall–Kier alpha value is -3.80. The zero-order chi connectivity index (χ0) is 20.8. The summed E-state index contributed by atoms with van der Waals surface area (Å²) in [6, 6.07) is 18.8. The second kappa shape index (κ2) is 8.93. The van der Waals surface area contributed by atoms with Crippen LogP contribution in [0.5, 0.6) is 0 Å². The van der Waals surface area contributed by atoms with Gasteiger partial charge in [0.05, 0.1) is 0 Å². The minimum atomic E-state index is -0.344. The van der Waals surface area contributed by atoms with Crippen molar-refractivity contribution < 1.29 is 18.8 Å². The molecule has 0 aliphatic heterocycles. The van der Waals surface area contributed by atoms with E-state index in [1.165, 1.54) is 19.1 Å². The van der Waals surface area contributed by atoms with E-state index in [-0.39, 0.29) is 30.0 Å². The third-order valence-corrected chi connectivity index (χ3v) is 4.30. The number of nitrogens with one attached hydrogen (secondary N) is 2. The Bertz CT molecular complexity index is 1040. The molecule has 3 rings (SSSR count). The third-order valence-electron chi connectivity index (χ3n) is 4.30. The molecule has 146 valence electrons. The molecule has 0 bridgehead atoms. The predicted molar refractivity (Wildman–Crippen MR) is 108 cm³/mol. The van der Waals surface area contributed by atoms with Gasteiger partial charge in [0.15, 0.2) is 5.78 Å². The molecule has 0 unspecified atom stereocenters. The molecule has 0 atom stereocenters. The molecule has 0 saturated carbocycles. The molecule has 0 aliphatic carbocycles. The van der Waals surface area contributed by atoms with E-state index in [2.05, 4.69) is 10.6 Å². The van der Waals surface area contributed by atoms with E-state index < -0.39 is 0 Å². The zero-order valence-corrected chi connectivity index (χ0v) is 15.7. The minimum Gasteiger partial charge on any atom is -0.348 e. The molecule has 2 N–H and O–H groups in total. The van der Waals surface area contributed by atoms with E-state index in [4.69, 9.17) is 0 Å². The van der Waals surface area contributed by atoms with Crippen molar-refractivity contribution in [2.45, 2.75) is 13.5 Å². The number of hydrogen-bond donors (Lipinski definition) is 2. The van der Waals surface area contributed by atoms with Crippen molar-refractivity contribution in [3.63, 3.8) is 0 Å². The largest absolute Gasteiger partial charge is 0.348 e. The normalized spacial score (nSPS) is 10.3. The summed E-state index contributed by atoms with van der Waals surface area (Å²) in [4.78, 5) is 36.1. The van der Waals surface area contributed by atoms with E-state index in [0.29, 0.717) is 22.4 Å². The number of anilines is 1. The van der Waals surface area contributed by atoms with Gasteiger partial charge < -0.3 is 10.6 Å². The second-order valence-electron chi connectivity index (χ2n) is 6.48. The molecule has 0 radical (unpaired) electrons. The molecule has 0 spiro atoms. The molecule has 6 heteroatoms. The number of hydrogen-bond acceptors (Lipinski definition) is 3. The summed E-state index contributed by atoms with van der Waals surface area (Å²) in [6.45, 7) is 1.73. The van der Waals surface area contributed by atoms with Gasteiger partial charge in [-0.3, -0.25) is 14.4 Å².